The monoisotopic (exact) mass is 374 g/mol. The number of fused-ring (bicyclic) bond motifs is 2. The lowest BCUT2D eigenvalue weighted by molar-refractivity contribution is 0.0697. The summed E-state index contributed by atoms with van der Waals surface area (Å²) in [5.74, 6) is -1.34. The molecule has 0 bridgehead atoms. The van der Waals surface area contributed by atoms with Crippen molar-refractivity contribution in [3.8, 4) is 11.1 Å². The van der Waals surface area contributed by atoms with Gasteiger partial charge in [0.15, 0.2) is 10.9 Å². The van der Waals surface area contributed by atoms with E-state index >= 15 is 0 Å². The minimum Gasteiger partial charge on any atom is -0.512 e. The Kier molecular flexibility index (Phi) is 3.96. The summed E-state index contributed by atoms with van der Waals surface area (Å²) in [6, 6.07) is 13.5. The Morgan fingerprint density at radius 2 is 1.64 bits per heavy atom. The Hall–Kier alpha value is -3.93. The molecular weight excluding hydrogens is 360 g/mol. The largest absolute Gasteiger partial charge is 0.512 e. The molecule has 0 fully saturated rings. The minimum absolute atomic E-state index is 0.0234. The van der Waals surface area contributed by atoms with E-state index in [4.69, 9.17) is 4.42 Å². The molecule has 0 aliphatic rings. The fraction of sp³-hybridized carbons (Fsp3) is 0.0455. The molecule has 4 rings (SSSR count). The van der Waals surface area contributed by atoms with Gasteiger partial charge in [-0.3, -0.25) is 9.59 Å². The van der Waals surface area contributed by atoms with Crippen LogP contribution in [-0.2, 0) is 0 Å². The third-order valence-corrected chi connectivity index (χ3v) is 4.61. The van der Waals surface area contributed by atoms with Crippen LogP contribution in [-0.4, -0.2) is 16.2 Å². The van der Waals surface area contributed by atoms with Crippen molar-refractivity contribution in [2.45, 2.75) is 6.92 Å². The fourth-order valence-electron chi connectivity index (χ4n) is 3.44. The lowest BCUT2D eigenvalue weighted by atomic mass is 9.93. The van der Waals surface area contributed by atoms with Crippen LogP contribution >= 0.6 is 0 Å². The summed E-state index contributed by atoms with van der Waals surface area (Å²) in [4.78, 5) is 35.9. The van der Waals surface area contributed by atoms with Crippen LogP contribution in [0.15, 0.2) is 68.6 Å². The molecule has 0 aliphatic carbocycles. The molecule has 0 atom stereocenters. The SMILES string of the molecule is CC(O)=c1c(=O)ccc2c(-c3ccccc3C(=O)O)c3ccc(=O)cc3oc12. The predicted octanol–water partition coefficient (Wildman–Crippen LogP) is 3.08. The Balaban J connectivity index is 2.36. The zero-order valence-electron chi connectivity index (χ0n) is 14.7. The fourth-order valence-corrected chi connectivity index (χ4v) is 3.44. The number of carbonyl (C=O) groups is 1. The lowest BCUT2D eigenvalue weighted by Crippen LogP contribution is -2.26. The van der Waals surface area contributed by atoms with Gasteiger partial charge in [-0.1, -0.05) is 18.2 Å². The van der Waals surface area contributed by atoms with Crippen LogP contribution < -0.4 is 16.1 Å². The summed E-state index contributed by atoms with van der Waals surface area (Å²) in [5.41, 5.74) is 0.560. The molecule has 0 unspecified atom stereocenters. The van der Waals surface area contributed by atoms with Crippen molar-refractivity contribution in [2.75, 3.05) is 0 Å². The summed E-state index contributed by atoms with van der Waals surface area (Å²) in [6.07, 6.45) is 0. The number of aromatic carboxylic acids is 1. The Morgan fingerprint density at radius 3 is 2.36 bits per heavy atom. The first kappa shape index (κ1) is 17.5. The van der Waals surface area contributed by atoms with Crippen molar-refractivity contribution in [3.63, 3.8) is 0 Å². The van der Waals surface area contributed by atoms with E-state index < -0.39 is 11.4 Å². The van der Waals surface area contributed by atoms with Crippen LogP contribution in [0.3, 0.4) is 0 Å². The maximum Gasteiger partial charge on any atom is 0.336 e. The van der Waals surface area contributed by atoms with Gasteiger partial charge < -0.3 is 14.6 Å². The normalized spacial score (nSPS) is 12.3. The molecule has 0 aliphatic heterocycles. The van der Waals surface area contributed by atoms with Gasteiger partial charge in [-0.05, 0) is 42.8 Å². The zero-order valence-corrected chi connectivity index (χ0v) is 14.7. The predicted molar refractivity (Wildman–Crippen MR) is 106 cm³/mol. The van der Waals surface area contributed by atoms with E-state index in [1.165, 1.54) is 37.3 Å². The van der Waals surface area contributed by atoms with Crippen molar-refractivity contribution in [1.82, 2.24) is 0 Å². The van der Waals surface area contributed by atoms with Crippen LogP contribution in [0, 0.1) is 0 Å². The Morgan fingerprint density at radius 1 is 0.929 bits per heavy atom. The number of aliphatic hydroxyl groups excluding tert-OH is 1. The van der Waals surface area contributed by atoms with Crippen LogP contribution in [0.1, 0.15) is 17.3 Å². The number of carboxylic acids is 1. The van der Waals surface area contributed by atoms with Crippen molar-refractivity contribution >= 4 is 33.7 Å². The van der Waals surface area contributed by atoms with Crippen molar-refractivity contribution in [3.05, 3.63) is 85.8 Å². The van der Waals surface area contributed by atoms with Gasteiger partial charge in [0, 0.05) is 22.4 Å². The highest BCUT2D eigenvalue weighted by molar-refractivity contribution is 6.11. The molecule has 4 aromatic rings. The number of hydrogen-bond acceptors (Lipinski definition) is 5. The third-order valence-electron chi connectivity index (χ3n) is 4.61. The van der Waals surface area contributed by atoms with E-state index in [-0.39, 0.29) is 33.1 Å². The summed E-state index contributed by atoms with van der Waals surface area (Å²) < 4.78 is 5.83. The van der Waals surface area contributed by atoms with Gasteiger partial charge in [0.05, 0.1) is 5.56 Å². The smallest absolute Gasteiger partial charge is 0.336 e. The highest BCUT2D eigenvalue weighted by atomic mass is 16.4. The number of carboxylic acid groups (broad SMARTS) is 1. The molecule has 1 heterocycles. The average molecular weight is 374 g/mol. The first-order chi connectivity index (χ1) is 13.4. The van der Waals surface area contributed by atoms with Gasteiger partial charge in [0.25, 0.3) is 0 Å². The molecule has 6 nitrogen and oxygen atoms in total. The molecule has 28 heavy (non-hydrogen) atoms. The van der Waals surface area contributed by atoms with E-state index in [1.54, 1.807) is 24.3 Å². The van der Waals surface area contributed by atoms with E-state index in [1.807, 2.05) is 0 Å². The van der Waals surface area contributed by atoms with Crippen molar-refractivity contribution in [2.24, 2.45) is 0 Å². The van der Waals surface area contributed by atoms with E-state index in [9.17, 15) is 24.6 Å². The number of benzene rings is 3. The van der Waals surface area contributed by atoms with Crippen LogP contribution in [0.2, 0.25) is 0 Å². The van der Waals surface area contributed by atoms with Gasteiger partial charge >= 0.3 is 5.97 Å². The first-order valence-corrected chi connectivity index (χ1v) is 8.44. The second-order valence-electron chi connectivity index (χ2n) is 6.39. The molecule has 3 aromatic carbocycles. The average Bonchev–Trinajstić information content (AvgIpc) is 2.65. The summed E-state index contributed by atoms with van der Waals surface area (Å²) in [7, 11) is 0. The molecule has 0 radical (unpaired) electrons. The maximum absolute atomic E-state index is 12.3. The quantitative estimate of drug-likeness (QED) is 0.523. The summed E-state index contributed by atoms with van der Waals surface area (Å²) in [5, 5.41) is 20.6. The van der Waals surface area contributed by atoms with Crippen molar-refractivity contribution in [1.29, 1.82) is 0 Å². The zero-order chi connectivity index (χ0) is 20.0. The highest BCUT2D eigenvalue weighted by Crippen LogP contribution is 2.36. The molecule has 138 valence electrons. The Labute approximate surface area is 157 Å². The molecule has 1 aromatic heterocycles. The lowest BCUT2D eigenvalue weighted by Gasteiger charge is -2.13. The Bertz CT molecular complexity index is 1440. The van der Waals surface area contributed by atoms with Gasteiger partial charge in [-0.25, -0.2) is 4.79 Å². The van der Waals surface area contributed by atoms with Crippen LogP contribution in [0.4, 0.5) is 0 Å². The maximum atomic E-state index is 12.3. The number of aliphatic hydroxyl groups is 1. The molecule has 0 saturated heterocycles. The third kappa shape index (κ3) is 2.63. The molecule has 6 heteroatoms. The molecule has 0 saturated carbocycles. The van der Waals surface area contributed by atoms with Gasteiger partial charge in [-0.2, -0.15) is 0 Å². The first-order valence-electron chi connectivity index (χ1n) is 8.44. The van der Waals surface area contributed by atoms with E-state index in [0.29, 0.717) is 21.9 Å². The molecule has 2 N–H and O–H groups in total. The van der Waals surface area contributed by atoms with E-state index in [0.717, 1.165) is 0 Å². The number of hydrogen-bond donors (Lipinski definition) is 2. The van der Waals surface area contributed by atoms with Gasteiger partial charge in [0.1, 0.15) is 22.1 Å². The second-order valence-corrected chi connectivity index (χ2v) is 6.39. The molecular formula is C22H14O6. The van der Waals surface area contributed by atoms with Gasteiger partial charge in [0.2, 0.25) is 0 Å². The van der Waals surface area contributed by atoms with Gasteiger partial charge in [-0.15, -0.1) is 0 Å². The second kappa shape index (κ2) is 6.35. The van der Waals surface area contributed by atoms with Crippen LogP contribution in [0.25, 0.3) is 38.8 Å². The topological polar surface area (TPSA) is 105 Å². The molecule has 0 amide bonds. The number of rotatable bonds is 2. The highest BCUT2D eigenvalue weighted by Gasteiger charge is 2.19. The molecule has 0 spiro atoms. The standard InChI is InChI=1S/C22H14O6/c1-11(23)19-17(25)9-8-16-20(13-4-2-3-5-14(13)22(26)27)15-7-6-12(24)10-18(15)28-21(16)19/h2-10,23H,1H3,(H,26,27). The summed E-state index contributed by atoms with van der Waals surface area (Å²) >= 11 is 0. The van der Waals surface area contributed by atoms with E-state index in [2.05, 4.69) is 0 Å². The summed E-state index contributed by atoms with van der Waals surface area (Å²) in [6.45, 7) is 1.37. The van der Waals surface area contributed by atoms with Crippen LogP contribution in [0.5, 0.6) is 0 Å². The minimum atomic E-state index is -1.11. The van der Waals surface area contributed by atoms with Crippen molar-refractivity contribution < 1.29 is 19.4 Å².